The van der Waals surface area contributed by atoms with Crippen molar-refractivity contribution in [3.05, 3.63) is 71.1 Å². The molecule has 0 amide bonds. The van der Waals surface area contributed by atoms with E-state index in [1.54, 1.807) is 0 Å². The average molecular weight is 415 g/mol. The molecule has 0 aliphatic rings. The number of rotatable bonds is 7. The van der Waals surface area contributed by atoms with Gasteiger partial charge in [-0.2, -0.15) is 0 Å². The molecule has 3 rings (SSSR count). The summed E-state index contributed by atoms with van der Waals surface area (Å²) in [5, 5.41) is 1.82. The third kappa shape index (κ3) is 4.43. The topological polar surface area (TPSA) is 25.2 Å². The Morgan fingerprint density at radius 3 is 2.15 bits per heavy atom. The molecule has 1 aromatic heterocycles. The van der Waals surface area contributed by atoms with Crippen LogP contribution in [-0.4, -0.2) is 29.1 Å². The van der Waals surface area contributed by atoms with Gasteiger partial charge in [-0.25, -0.2) is 0 Å². The molecule has 0 bridgehead atoms. The molecule has 0 saturated heterocycles. The van der Waals surface area contributed by atoms with Crippen molar-refractivity contribution in [1.29, 1.82) is 0 Å². The summed E-state index contributed by atoms with van der Waals surface area (Å²) in [5.74, 6) is 0. The summed E-state index contributed by atoms with van der Waals surface area (Å²) < 4.78 is 1.88. The summed E-state index contributed by atoms with van der Waals surface area (Å²) in [4.78, 5) is 15.3. The number of hydrogen-bond donors (Lipinski definition) is 0. The van der Waals surface area contributed by atoms with E-state index in [0.717, 1.165) is 54.5 Å². The Labute approximate surface area is 166 Å². The van der Waals surface area contributed by atoms with Crippen molar-refractivity contribution >= 4 is 27.8 Å². The van der Waals surface area contributed by atoms with Crippen LogP contribution >= 0.6 is 17.0 Å². The Kier molecular flexibility index (Phi) is 7.61. The highest BCUT2D eigenvalue weighted by molar-refractivity contribution is 8.93. The SMILES string of the molecule is Br.CCN(CC)CCCn1cc(-c2ccccc2)c2ccccc2c1=O. The van der Waals surface area contributed by atoms with E-state index in [2.05, 4.69) is 30.9 Å². The van der Waals surface area contributed by atoms with Crippen LogP contribution in [0.1, 0.15) is 20.3 Å². The van der Waals surface area contributed by atoms with Crippen molar-refractivity contribution in [1.82, 2.24) is 9.47 Å². The lowest BCUT2D eigenvalue weighted by atomic mass is 10.0. The van der Waals surface area contributed by atoms with Crippen molar-refractivity contribution < 1.29 is 0 Å². The van der Waals surface area contributed by atoms with Crippen molar-refractivity contribution in [3.63, 3.8) is 0 Å². The minimum absolute atomic E-state index is 0. The summed E-state index contributed by atoms with van der Waals surface area (Å²) in [6, 6.07) is 18.2. The van der Waals surface area contributed by atoms with Crippen molar-refractivity contribution in [3.8, 4) is 11.1 Å². The number of benzene rings is 2. The van der Waals surface area contributed by atoms with E-state index < -0.39 is 0 Å². The zero-order chi connectivity index (χ0) is 17.6. The highest BCUT2D eigenvalue weighted by Crippen LogP contribution is 2.26. The lowest BCUT2D eigenvalue weighted by molar-refractivity contribution is 0.293. The predicted octanol–water partition coefficient (Wildman–Crippen LogP) is 4.98. The van der Waals surface area contributed by atoms with E-state index >= 15 is 0 Å². The molecule has 0 atom stereocenters. The third-order valence-electron chi connectivity index (χ3n) is 4.85. The highest BCUT2D eigenvalue weighted by Gasteiger charge is 2.10. The molecule has 138 valence electrons. The van der Waals surface area contributed by atoms with Crippen LogP contribution in [0.3, 0.4) is 0 Å². The Morgan fingerprint density at radius 2 is 1.50 bits per heavy atom. The molecule has 1 heterocycles. The van der Waals surface area contributed by atoms with Crippen LogP contribution in [0.2, 0.25) is 0 Å². The summed E-state index contributed by atoms with van der Waals surface area (Å²) in [6.45, 7) is 8.24. The fourth-order valence-electron chi connectivity index (χ4n) is 3.36. The van der Waals surface area contributed by atoms with E-state index in [1.807, 2.05) is 53.2 Å². The number of aryl methyl sites for hydroxylation is 1. The summed E-state index contributed by atoms with van der Waals surface area (Å²) >= 11 is 0. The maximum Gasteiger partial charge on any atom is 0.258 e. The van der Waals surface area contributed by atoms with Gasteiger partial charge in [0, 0.05) is 23.7 Å². The normalized spacial score (nSPS) is 10.9. The van der Waals surface area contributed by atoms with Gasteiger partial charge >= 0.3 is 0 Å². The van der Waals surface area contributed by atoms with Crippen LogP contribution in [0.5, 0.6) is 0 Å². The first-order valence-electron chi connectivity index (χ1n) is 9.14. The second-order valence-electron chi connectivity index (χ2n) is 6.33. The number of hydrogen-bond acceptors (Lipinski definition) is 2. The second-order valence-corrected chi connectivity index (χ2v) is 6.33. The van der Waals surface area contributed by atoms with Gasteiger partial charge in [-0.1, -0.05) is 62.4 Å². The molecule has 0 aliphatic heterocycles. The molecule has 3 aromatic rings. The van der Waals surface area contributed by atoms with Crippen LogP contribution in [0.4, 0.5) is 0 Å². The zero-order valence-corrected chi connectivity index (χ0v) is 17.2. The van der Waals surface area contributed by atoms with E-state index in [9.17, 15) is 4.79 Å². The van der Waals surface area contributed by atoms with Crippen LogP contribution in [0.15, 0.2) is 65.6 Å². The van der Waals surface area contributed by atoms with E-state index in [4.69, 9.17) is 0 Å². The van der Waals surface area contributed by atoms with Crippen LogP contribution in [-0.2, 0) is 6.54 Å². The van der Waals surface area contributed by atoms with E-state index in [-0.39, 0.29) is 22.5 Å². The fraction of sp³-hybridized carbons (Fsp3) is 0.318. The highest BCUT2D eigenvalue weighted by atomic mass is 79.9. The molecule has 3 nitrogen and oxygen atoms in total. The Balaban J connectivity index is 0.00000243. The quantitative estimate of drug-likeness (QED) is 0.544. The summed E-state index contributed by atoms with van der Waals surface area (Å²) in [5.41, 5.74) is 2.38. The minimum Gasteiger partial charge on any atom is -0.314 e. The zero-order valence-electron chi connectivity index (χ0n) is 15.5. The first kappa shape index (κ1) is 20.4. The standard InChI is InChI=1S/C22H26N2O.BrH/c1-3-23(4-2)15-10-16-24-17-21(18-11-6-5-7-12-18)19-13-8-9-14-20(19)22(24)25;/h5-9,11-14,17H,3-4,10,15-16H2,1-2H3;1H. The maximum atomic E-state index is 12.9. The third-order valence-corrected chi connectivity index (χ3v) is 4.85. The summed E-state index contributed by atoms with van der Waals surface area (Å²) in [6.07, 6.45) is 3.01. The van der Waals surface area contributed by atoms with Crippen molar-refractivity contribution in [2.75, 3.05) is 19.6 Å². The average Bonchev–Trinajstić information content (AvgIpc) is 2.67. The first-order valence-corrected chi connectivity index (χ1v) is 9.14. The van der Waals surface area contributed by atoms with Crippen LogP contribution in [0, 0.1) is 0 Å². The van der Waals surface area contributed by atoms with E-state index in [0.29, 0.717) is 0 Å². The van der Waals surface area contributed by atoms with Gasteiger partial charge in [-0.05, 0) is 43.1 Å². The Morgan fingerprint density at radius 1 is 0.885 bits per heavy atom. The summed E-state index contributed by atoms with van der Waals surface area (Å²) in [7, 11) is 0. The molecule has 4 heteroatoms. The van der Waals surface area contributed by atoms with Gasteiger partial charge in [0.05, 0.1) is 0 Å². The van der Waals surface area contributed by atoms with Gasteiger partial charge in [0.15, 0.2) is 0 Å². The Hall–Kier alpha value is -1.91. The number of pyridine rings is 1. The Bertz CT molecular complexity index is 886. The first-order chi connectivity index (χ1) is 12.2. The number of aromatic nitrogens is 1. The largest absolute Gasteiger partial charge is 0.314 e. The molecule has 0 saturated carbocycles. The number of halogens is 1. The van der Waals surface area contributed by atoms with Crippen LogP contribution in [0.25, 0.3) is 21.9 Å². The molecule has 0 N–H and O–H groups in total. The molecule has 0 fully saturated rings. The smallest absolute Gasteiger partial charge is 0.258 e. The molecule has 0 aliphatic carbocycles. The van der Waals surface area contributed by atoms with Gasteiger partial charge in [0.2, 0.25) is 0 Å². The van der Waals surface area contributed by atoms with Gasteiger partial charge in [0.25, 0.3) is 5.56 Å². The molecule has 2 aromatic carbocycles. The predicted molar refractivity (Wildman–Crippen MR) is 116 cm³/mol. The van der Waals surface area contributed by atoms with Crippen molar-refractivity contribution in [2.45, 2.75) is 26.8 Å². The van der Waals surface area contributed by atoms with E-state index in [1.165, 1.54) is 0 Å². The van der Waals surface area contributed by atoms with Crippen molar-refractivity contribution in [2.24, 2.45) is 0 Å². The lowest BCUT2D eigenvalue weighted by Crippen LogP contribution is -2.27. The minimum atomic E-state index is 0. The van der Waals surface area contributed by atoms with Gasteiger partial charge in [-0.3, -0.25) is 4.79 Å². The molecule has 26 heavy (non-hydrogen) atoms. The lowest BCUT2D eigenvalue weighted by Gasteiger charge is -2.18. The number of fused-ring (bicyclic) bond motifs is 1. The second kappa shape index (κ2) is 9.70. The molecular formula is C22H27BrN2O. The monoisotopic (exact) mass is 414 g/mol. The van der Waals surface area contributed by atoms with Crippen LogP contribution < -0.4 is 5.56 Å². The number of nitrogens with zero attached hydrogens (tertiary/aromatic N) is 2. The molecule has 0 radical (unpaired) electrons. The molecule has 0 spiro atoms. The maximum absolute atomic E-state index is 12.9. The van der Waals surface area contributed by atoms with Gasteiger partial charge < -0.3 is 9.47 Å². The molecule has 0 unspecified atom stereocenters. The fourth-order valence-corrected chi connectivity index (χ4v) is 3.36. The molecular weight excluding hydrogens is 388 g/mol. The van der Waals surface area contributed by atoms with Gasteiger partial charge in [0.1, 0.15) is 0 Å². The van der Waals surface area contributed by atoms with Gasteiger partial charge in [-0.15, -0.1) is 17.0 Å².